The van der Waals surface area contributed by atoms with Crippen LogP contribution in [0.2, 0.25) is 0 Å². The van der Waals surface area contributed by atoms with E-state index in [4.69, 9.17) is 0 Å². The molecule has 1 aliphatic rings. The Morgan fingerprint density at radius 1 is 1.15 bits per heavy atom. The Morgan fingerprint density at radius 3 is 2.56 bits per heavy atom. The topological polar surface area (TPSA) is 87.3 Å². The van der Waals surface area contributed by atoms with Gasteiger partial charge in [0.1, 0.15) is 5.54 Å². The van der Waals surface area contributed by atoms with Crippen molar-refractivity contribution in [3.8, 4) is 0 Å². The Balaban J connectivity index is 1.64. The van der Waals surface area contributed by atoms with Crippen LogP contribution in [0.5, 0.6) is 0 Å². The molecule has 0 radical (unpaired) electrons. The maximum atomic E-state index is 12.5. The van der Waals surface area contributed by atoms with Crippen LogP contribution in [0.15, 0.2) is 54.6 Å². The number of benzene rings is 2. The summed E-state index contributed by atoms with van der Waals surface area (Å²) in [5, 5.41) is 7.50. The number of amides is 4. The van der Waals surface area contributed by atoms with E-state index < -0.39 is 17.5 Å². The van der Waals surface area contributed by atoms with E-state index in [0.717, 1.165) is 5.75 Å². The minimum Gasteiger partial charge on any atom is -0.325 e. The molecule has 4 amide bonds. The van der Waals surface area contributed by atoms with Gasteiger partial charge in [0.15, 0.2) is 0 Å². The molecule has 2 unspecified atom stereocenters. The standard InChI is InChI=1S/C20H21N3O3S/c1-13(27-12-14-7-4-3-5-8-14)17(24)21-16-10-6-9-15(11-16)20(2)18(25)22-19(26)23-20/h3-11,13H,12H2,1-2H3,(H,21,24)(H2,22,23,25,26). The van der Waals surface area contributed by atoms with Crippen LogP contribution in [0.25, 0.3) is 0 Å². The summed E-state index contributed by atoms with van der Waals surface area (Å²) in [6.45, 7) is 3.49. The van der Waals surface area contributed by atoms with Crippen LogP contribution >= 0.6 is 11.8 Å². The molecule has 1 saturated heterocycles. The fraction of sp³-hybridized carbons (Fsp3) is 0.250. The van der Waals surface area contributed by atoms with Gasteiger partial charge in [-0.3, -0.25) is 14.9 Å². The van der Waals surface area contributed by atoms with Crippen LogP contribution in [-0.4, -0.2) is 23.1 Å². The summed E-state index contributed by atoms with van der Waals surface area (Å²) in [7, 11) is 0. The molecular weight excluding hydrogens is 362 g/mol. The second-order valence-corrected chi connectivity index (χ2v) is 7.87. The first-order valence-electron chi connectivity index (χ1n) is 8.59. The summed E-state index contributed by atoms with van der Waals surface area (Å²) in [6, 6.07) is 16.4. The van der Waals surface area contributed by atoms with Crippen molar-refractivity contribution in [1.29, 1.82) is 0 Å². The highest BCUT2D eigenvalue weighted by atomic mass is 32.2. The van der Waals surface area contributed by atoms with Crippen LogP contribution in [0, 0.1) is 0 Å². The van der Waals surface area contributed by atoms with Crippen LogP contribution in [-0.2, 0) is 20.9 Å². The Kier molecular flexibility index (Phi) is 5.51. The van der Waals surface area contributed by atoms with E-state index in [-0.39, 0.29) is 11.2 Å². The summed E-state index contributed by atoms with van der Waals surface area (Å²) in [5.41, 5.74) is 1.21. The quantitative estimate of drug-likeness (QED) is 0.669. The molecule has 1 heterocycles. The molecule has 27 heavy (non-hydrogen) atoms. The van der Waals surface area contributed by atoms with Gasteiger partial charge in [-0.2, -0.15) is 0 Å². The van der Waals surface area contributed by atoms with E-state index in [0.29, 0.717) is 11.3 Å². The van der Waals surface area contributed by atoms with Crippen molar-refractivity contribution >= 4 is 35.3 Å². The van der Waals surface area contributed by atoms with E-state index in [2.05, 4.69) is 16.0 Å². The SMILES string of the molecule is CC(SCc1ccccc1)C(=O)Nc1cccc(C2(C)NC(=O)NC2=O)c1. The first-order valence-corrected chi connectivity index (χ1v) is 9.64. The normalized spacial score (nSPS) is 19.9. The summed E-state index contributed by atoms with van der Waals surface area (Å²) < 4.78 is 0. The molecule has 140 valence electrons. The molecule has 3 N–H and O–H groups in total. The molecule has 2 aromatic rings. The predicted molar refractivity (Wildman–Crippen MR) is 106 cm³/mol. The lowest BCUT2D eigenvalue weighted by Gasteiger charge is -2.22. The zero-order valence-corrected chi connectivity index (χ0v) is 15.9. The number of nitrogens with one attached hydrogen (secondary N) is 3. The lowest BCUT2D eigenvalue weighted by Crippen LogP contribution is -2.40. The van der Waals surface area contributed by atoms with Crippen molar-refractivity contribution in [2.45, 2.75) is 30.4 Å². The Labute approximate surface area is 162 Å². The molecule has 2 atom stereocenters. The zero-order chi connectivity index (χ0) is 19.4. The van der Waals surface area contributed by atoms with Gasteiger partial charge in [-0.05, 0) is 37.1 Å². The summed E-state index contributed by atoms with van der Waals surface area (Å²) >= 11 is 1.55. The van der Waals surface area contributed by atoms with Gasteiger partial charge in [0.25, 0.3) is 5.91 Å². The summed E-state index contributed by atoms with van der Waals surface area (Å²) in [6.07, 6.45) is 0. The van der Waals surface area contributed by atoms with E-state index in [1.165, 1.54) is 5.56 Å². The molecule has 3 rings (SSSR count). The monoisotopic (exact) mass is 383 g/mol. The van der Waals surface area contributed by atoms with E-state index in [1.807, 2.05) is 37.3 Å². The Bertz CT molecular complexity index is 872. The first-order chi connectivity index (χ1) is 12.9. The Morgan fingerprint density at radius 2 is 1.89 bits per heavy atom. The minimum atomic E-state index is -1.15. The van der Waals surface area contributed by atoms with Crippen molar-refractivity contribution in [2.24, 2.45) is 0 Å². The average Bonchev–Trinajstić information content (AvgIpc) is 2.93. The number of rotatable bonds is 6. The van der Waals surface area contributed by atoms with Gasteiger partial charge in [0.2, 0.25) is 5.91 Å². The average molecular weight is 383 g/mol. The molecule has 2 aromatic carbocycles. The number of thioether (sulfide) groups is 1. The zero-order valence-electron chi connectivity index (χ0n) is 15.1. The second-order valence-electron chi connectivity index (χ2n) is 6.54. The van der Waals surface area contributed by atoms with Gasteiger partial charge in [-0.15, -0.1) is 11.8 Å². The largest absolute Gasteiger partial charge is 0.325 e. The number of imide groups is 1. The van der Waals surface area contributed by atoms with Gasteiger partial charge in [0.05, 0.1) is 5.25 Å². The predicted octanol–water partition coefficient (Wildman–Crippen LogP) is 3.00. The fourth-order valence-electron chi connectivity index (χ4n) is 2.77. The van der Waals surface area contributed by atoms with Gasteiger partial charge in [-0.1, -0.05) is 42.5 Å². The first kappa shape index (κ1) is 19.0. The van der Waals surface area contributed by atoms with E-state index in [9.17, 15) is 14.4 Å². The molecule has 0 saturated carbocycles. The highest BCUT2D eigenvalue weighted by Gasteiger charge is 2.43. The number of hydrogen-bond donors (Lipinski definition) is 3. The Hall–Kier alpha value is -2.80. The van der Waals surface area contributed by atoms with Crippen LogP contribution in [0.1, 0.15) is 25.0 Å². The number of carbonyl (C=O) groups is 3. The van der Waals surface area contributed by atoms with Crippen molar-refractivity contribution in [3.05, 3.63) is 65.7 Å². The van der Waals surface area contributed by atoms with E-state index >= 15 is 0 Å². The molecular formula is C20H21N3O3S. The van der Waals surface area contributed by atoms with Gasteiger partial charge >= 0.3 is 6.03 Å². The highest BCUT2D eigenvalue weighted by molar-refractivity contribution is 7.99. The number of urea groups is 1. The maximum absolute atomic E-state index is 12.5. The number of hydrogen-bond acceptors (Lipinski definition) is 4. The molecule has 1 fully saturated rings. The number of carbonyl (C=O) groups excluding carboxylic acids is 3. The molecule has 0 bridgehead atoms. The molecule has 0 aliphatic carbocycles. The van der Waals surface area contributed by atoms with Gasteiger partial charge < -0.3 is 10.6 Å². The smallest absolute Gasteiger partial charge is 0.322 e. The molecule has 7 heteroatoms. The number of anilines is 1. The van der Waals surface area contributed by atoms with Gasteiger partial charge in [0, 0.05) is 11.4 Å². The lowest BCUT2D eigenvalue weighted by molar-refractivity contribution is -0.123. The minimum absolute atomic E-state index is 0.113. The molecule has 0 spiro atoms. The lowest BCUT2D eigenvalue weighted by atomic mass is 9.92. The van der Waals surface area contributed by atoms with Crippen molar-refractivity contribution in [1.82, 2.24) is 10.6 Å². The third-order valence-corrected chi connectivity index (χ3v) is 5.68. The second kappa shape index (κ2) is 7.84. The van der Waals surface area contributed by atoms with Crippen molar-refractivity contribution in [3.63, 3.8) is 0 Å². The van der Waals surface area contributed by atoms with Crippen LogP contribution in [0.4, 0.5) is 10.5 Å². The summed E-state index contributed by atoms with van der Waals surface area (Å²) in [4.78, 5) is 36.0. The van der Waals surface area contributed by atoms with Crippen LogP contribution < -0.4 is 16.0 Å². The van der Waals surface area contributed by atoms with E-state index in [1.54, 1.807) is 43.0 Å². The fourth-order valence-corrected chi connectivity index (χ4v) is 3.61. The van der Waals surface area contributed by atoms with Crippen molar-refractivity contribution < 1.29 is 14.4 Å². The highest BCUT2D eigenvalue weighted by Crippen LogP contribution is 2.27. The third kappa shape index (κ3) is 4.31. The van der Waals surface area contributed by atoms with Gasteiger partial charge in [-0.25, -0.2) is 4.79 Å². The summed E-state index contributed by atoms with van der Waals surface area (Å²) in [5.74, 6) is 0.223. The third-order valence-electron chi connectivity index (χ3n) is 4.46. The maximum Gasteiger partial charge on any atom is 0.322 e. The van der Waals surface area contributed by atoms with Crippen LogP contribution in [0.3, 0.4) is 0 Å². The molecule has 0 aromatic heterocycles. The molecule has 6 nitrogen and oxygen atoms in total. The molecule has 1 aliphatic heterocycles. The van der Waals surface area contributed by atoms with Crippen molar-refractivity contribution in [2.75, 3.05) is 5.32 Å².